The van der Waals surface area contributed by atoms with E-state index in [1.807, 2.05) is 20.2 Å². The van der Waals surface area contributed by atoms with E-state index in [-0.39, 0.29) is 0 Å². The molecule has 102 valence electrons. The summed E-state index contributed by atoms with van der Waals surface area (Å²) in [7, 11) is 4.07. The van der Waals surface area contributed by atoms with Crippen LogP contribution in [-0.4, -0.2) is 44.9 Å². The van der Waals surface area contributed by atoms with Gasteiger partial charge in [0.25, 0.3) is 0 Å². The molecule has 0 atom stereocenters. The van der Waals surface area contributed by atoms with Crippen LogP contribution in [0.5, 0.6) is 0 Å². The summed E-state index contributed by atoms with van der Waals surface area (Å²) in [6, 6.07) is 7.47. The number of carbonyl (C=O) groups excluding carboxylic acids is 1. The van der Waals surface area contributed by atoms with Crippen molar-refractivity contribution in [1.82, 2.24) is 4.90 Å². The monoisotopic (exact) mass is 259 g/mol. The van der Waals surface area contributed by atoms with Crippen LogP contribution in [0.15, 0.2) is 18.2 Å². The van der Waals surface area contributed by atoms with Gasteiger partial charge in [-0.05, 0) is 38.7 Å². The van der Waals surface area contributed by atoms with Gasteiger partial charge < -0.3 is 9.80 Å². The van der Waals surface area contributed by atoms with Crippen molar-refractivity contribution in [3.8, 4) is 6.07 Å². The molecule has 4 nitrogen and oxygen atoms in total. The van der Waals surface area contributed by atoms with Crippen molar-refractivity contribution in [2.24, 2.45) is 0 Å². The van der Waals surface area contributed by atoms with E-state index in [0.717, 1.165) is 38.0 Å². The lowest BCUT2D eigenvalue weighted by atomic mass is 10.1. The molecule has 0 radical (unpaired) electrons. The number of aldehydes is 1. The summed E-state index contributed by atoms with van der Waals surface area (Å²) in [5, 5.41) is 9.23. The number of rotatable bonds is 7. The van der Waals surface area contributed by atoms with Crippen molar-refractivity contribution in [1.29, 1.82) is 5.26 Å². The van der Waals surface area contributed by atoms with Crippen LogP contribution in [0.25, 0.3) is 0 Å². The van der Waals surface area contributed by atoms with Gasteiger partial charge in [-0.1, -0.05) is 6.92 Å². The lowest BCUT2D eigenvalue weighted by molar-refractivity contribution is 0.112. The zero-order valence-corrected chi connectivity index (χ0v) is 11.9. The van der Waals surface area contributed by atoms with Crippen LogP contribution in [-0.2, 0) is 0 Å². The summed E-state index contributed by atoms with van der Waals surface area (Å²) in [4.78, 5) is 15.1. The summed E-state index contributed by atoms with van der Waals surface area (Å²) in [6.45, 7) is 4.83. The molecule has 1 aromatic rings. The third-order valence-electron chi connectivity index (χ3n) is 2.93. The van der Waals surface area contributed by atoms with Gasteiger partial charge in [-0.3, -0.25) is 4.79 Å². The van der Waals surface area contributed by atoms with Crippen molar-refractivity contribution in [2.75, 3.05) is 38.6 Å². The van der Waals surface area contributed by atoms with Gasteiger partial charge in [0.2, 0.25) is 0 Å². The van der Waals surface area contributed by atoms with Crippen molar-refractivity contribution in [3.63, 3.8) is 0 Å². The molecule has 1 aromatic carbocycles. The van der Waals surface area contributed by atoms with Crippen LogP contribution >= 0.6 is 0 Å². The van der Waals surface area contributed by atoms with Gasteiger partial charge in [0, 0.05) is 25.2 Å². The summed E-state index contributed by atoms with van der Waals surface area (Å²) in [6.07, 6.45) is 1.79. The zero-order chi connectivity index (χ0) is 14.3. The quantitative estimate of drug-likeness (QED) is 0.704. The third-order valence-corrected chi connectivity index (χ3v) is 2.93. The standard InChI is InChI=1S/C15H21N3O/c1-4-7-18(9-8-17(2)3)15-6-5-13(12-19)10-14(15)11-16/h5-6,10,12H,4,7-9H2,1-3H3. The molecule has 0 aromatic heterocycles. The number of carbonyl (C=O) groups is 1. The van der Waals surface area contributed by atoms with Crippen molar-refractivity contribution in [2.45, 2.75) is 13.3 Å². The third kappa shape index (κ3) is 4.38. The SMILES string of the molecule is CCCN(CCN(C)C)c1ccc(C=O)cc1C#N. The maximum Gasteiger partial charge on any atom is 0.150 e. The highest BCUT2D eigenvalue weighted by atomic mass is 16.1. The molecule has 0 fully saturated rings. The van der Waals surface area contributed by atoms with Gasteiger partial charge in [-0.15, -0.1) is 0 Å². The topological polar surface area (TPSA) is 47.3 Å². The maximum atomic E-state index is 10.8. The first-order chi connectivity index (χ1) is 9.12. The molecule has 19 heavy (non-hydrogen) atoms. The molecule has 0 bridgehead atoms. The zero-order valence-electron chi connectivity index (χ0n) is 11.9. The Bertz CT molecular complexity index is 463. The summed E-state index contributed by atoms with van der Waals surface area (Å²) in [5.74, 6) is 0. The second-order valence-electron chi connectivity index (χ2n) is 4.80. The summed E-state index contributed by atoms with van der Waals surface area (Å²) in [5.41, 5.74) is 2.03. The first kappa shape index (κ1) is 15.2. The Hall–Kier alpha value is -1.86. The lowest BCUT2D eigenvalue weighted by Gasteiger charge is -2.27. The van der Waals surface area contributed by atoms with Gasteiger partial charge in [0.15, 0.2) is 0 Å². The highest BCUT2D eigenvalue weighted by molar-refractivity contribution is 5.78. The van der Waals surface area contributed by atoms with Crippen molar-refractivity contribution >= 4 is 12.0 Å². The smallest absolute Gasteiger partial charge is 0.150 e. The minimum absolute atomic E-state index is 0.546. The molecule has 0 aliphatic heterocycles. The van der Waals surface area contributed by atoms with E-state index in [0.29, 0.717) is 11.1 Å². The largest absolute Gasteiger partial charge is 0.369 e. The Balaban J connectivity index is 3.01. The van der Waals surface area contributed by atoms with Crippen LogP contribution in [0.3, 0.4) is 0 Å². The van der Waals surface area contributed by atoms with Crippen molar-refractivity contribution in [3.05, 3.63) is 29.3 Å². The first-order valence-electron chi connectivity index (χ1n) is 6.51. The first-order valence-corrected chi connectivity index (χ1v) is 6.51. The lowest BCUT2D eigenvalue weighted by Crippen LogP contribution is -2.32. The molecule has 0 saturated carbocycles. The normalized spacial score (nSPS) is 10.3. The highest BCUT2D eigenvalue weighted by Gasteiger charge is 2.11. The summed E-state index contributed by atoms with van der Waals surface area (Å²) < 4.78 is 0. The molecule has 4 heteroatoms. The molecule has 0 spiro atoms. The molecule has 0 saturated heterocycles. The number of hydrogen-bond acceptors (Lipinski definition) is 4. The van der Waals surface area contributed by atoms with Gasteiger partial charge in [0.05, 0.1) is 11.3 Å². The van der Waals surface area contributed by atoms with Gasteiger partial charge in [-0.25, -0.2) is 0 Å². The highest BCUT2D eigenvalue weighted by Crippen LogP contribution is 2.21. The van der Waals surface area contributed by atoms with Crippen LogP contribution in [0.4, 0.5) is 5.69 Å². The molecule has 0 unspecified atom stereocenters. The van der Waals surface area contributed by atoms with Crippen LogP contribution in [0.2, 0.25) is 0 Å². The van der Waals surface area contributed by atoms with Crippen LogP contribution < -0.4 is 4.90 Å². The van der Waals surface area contributed by atoms with E-state index < -0.39 is 0 Å². The number of hydrogen-bond donors (Lipinski definition) is 0. The average molecular weight is 259 g/mol. The Morgan fingerprint density at radius 2 is 2.00 bits per heavy atom. The second kappa shape index (κ2) is 7.55. The minimum atomic E-state index is 0.546. The maximum absolute atomic E-state index is 10.8. The second-order valence-corrected chi connectivity index (χ2v) is 4.80. The Labute approximate surface area is 115 Å². The van der Waals surface area contributed by atoms with Gasteiger partial charge >= 0.3 is 0 Å². The molecule has 0 aliphatic rings. The Kier molecular flexibility index (Phi) is 6.04. The van der Waals surface area contributed by atoms with E-state index in [1.165, 1.54) is 0 Å². The number of nitriles is 1. The van der Waals surface area contributed by atoms with Crippen molar-refractivity contribution < 1.29 is 4.79 Å². The fourth-order valence-corrected chi connectivity index (χ4v) is 1.94. The van der Waals surface area contributed by atoms with E-state index in [2.05, 4.69) is 22.8 Å². The fraction of sp³-hybridized carbons (Fsp3) is 0.467. The van der Waals surface area contributed by atoms with E-state index in [1.54, 1.807) is 12.1 Å². The Morgan fingerprint density at radius 3 is 2.53 bits per heavy atom. The van der Waals surface area contributed by atoms with Gasteiger partial charge in [0.1, 0.15) is 12.4 Å². The number of nitrogens with zero attached hydrogens (tertiary/aromatic N) is 3. The Morgan fingerprint density at radius 1 is 1.26 bits per heavy atom. The molecule has 0 amide bonds. The van der Waals surface area contributed by atoms with E-state index in [9.17, 15) is 10.1 Å². The fourth-order valence-electron chi connectivity index (χ4n) is 1.94. The molecular formula is C15H21N3O. The number of benzene rings is 1. The van der Waals surface area contributed by atoms with Crippen LogP contribution in [0.1, 0.15) is 29.3 Å². The molecule has 0 N–H and O–H groups in total. The number of anilines is 1. The number of likely N-dealkylation sites (N-methyl/N-ethyl adjacent to an activating group) is 1. The summed E-state index contributed by atoms with van der Waals surface area (Å²) >= 11 is 0. The predicted molar refractivity (Wildman–Crippen MR) is 77.6 cm³/mol. The molecule has 0 aliphatic carbocycles. The van der Waals surface area contributed by atoms with E-state index >= 15 is 0 Å². The minimum Gasteiger partial charge on any atom is -0.369 e. The van der Waals surface area contributed by atoms with Gasteiger partial charge in [-0.2, -0.15) is 5.26 Å². The molecular weight excluding hydrogens is 238 g/mol. The predicted octanol–water partition coefficient (Wildman–Crippen LogP) is 2.15. The molecule has 1 rings (SSSR count). The molecule has 0 heterocycles. The average Bonchev–Trinajstić information content (AvgIpc) is 2.42. The van der Waals surface area contributed by atoms with E-state index in [4.69, 9.17) is 0 Å². The van der Waals surface area contributed by atoms with Crippen LogP contribution in [0, 0.1) is 11.3 Å².